The number of hydrogen-bond donors (Lipinski definition) is 2. The Hall–Kier alpha value is -2.65. The second-order valence-corrected chi connectivity index (χ2v) is 7.42. The Labute approximate surface area is 162 Å². The Morgan fingerprint density at radius 2 is 1.96 bits per heavy atom. The molecule has 0 aliphatic heterocycles. The van der Waals surface area contributed by atoms with E-state index in [9.17, 15) is 18.4 Å². The van der Waals surface area contributed by atoms with Gasteiger partial charge in [-0.15, -0.1) is 11.3 Å². The average molecular weight is 407 g/mol. The lowest BCUT2D eigenvalue weighted by molar-refractivity contribution is -0.122. The van der Waals surface area contributed by atoms with Gasteiger partial charge in [0.25, 0.3) is 5.91 Å². The summed E-state index contributed by atoms with van der Waals surface area (Å²) in [4.78, 5) is 29.7. The molecular weight excluding hydrogens is 392 g/mol. The zero-order chi connectivity index (χ0) is 19.6. The summed E-state index contributed by atoms with van der Waals surface area (Å²) in [6.07, 6.45) is 0. The summed E-state index contributed by atoms with van der Waals surface area (Å²) >= 11 is 2.73. The van der Waals surface area contributed by atoms with Gasteiger partial charge in [0.1, 0.15) is 15.9 Å². The molecule has 2 aromatic heterocycles. The van der Waals surface area contributed by atoms with E-state index in [4.69, 9.17) is 0 Å². The topological polar surface area (TPSA) is 71.1 Å². The van der Waals surface area contributed by atoms with E-state index in [0.29, 0.717) is 15.6 Å². The van der Waals surface area contributed by atoms with Crippen LogP contribution in [0.4, 0.5) is 8.78 Å². The molecule has 3 aromatic rings. The van der Waals surface area contributed by atoms with Gasteiger partial charge in [-0.2, -0.15) is 11.3 Å². The first kappa shape index (κ1) is 19.1. The van der Waals surface area contributed by atoms with Gasteiger partial charge >= 0.3 is 0 Å². The van der Waals surface area contributed by atoms with E-state index in [2.05, 4.69) is 15.6 Å². The van der Waals surface area contributed by atoms with Gasteiger partial charge in [-0.3, -0.25) is 9.59 Å². The van der Waals surface area contributed by atoms with Crippen molar-refractivity contribution >= 4 is 34.5 Å². The number of rotatable bonds is 5. The van der Waals surface area contributed by atoms with Gasteiger partial charge in [-0.1, -0.05) is 6.07 Å². The predicted molar refractivity (Wildman–Crippen MR) is 101 cm³/mol. The van der Waals surface area contributed by atoms with Crippen LogP contribution in [0.15, 0.2) is 35.0 Å². The number of carbonyl (C=O) groups excluding carboxylic acids is 2. The molecule has 9 heteroatoms. The average Bonchev–Trinajstić information content (AvgIpc) is 3.31. The molecule has 0 aliphatic carbocycles. The summed E-state index contributed by atoms with van der Waals surface area (Å²) in [5.41, 5.74) is 1.58. The van der Waals surface area contributed by atoms with Crippen LogP contribution in [-0.2, 0) is 4.79 Å². The van der Waals surface area contributed by atoms with Gasteiger partial charge in [-0.25, -0.2) is 13.8 Å². The minimum absolute atomic E-state index is 0.141. The highest BCUT2D eigenvalue weighted by Crippen LogP contribution is 2.30. The maximum atomic E-state index is 13.6. The molecule has 1 unspecified atom stereocenters. The van der Waals surface area contributed by atoms with Gasteiger partial charge in [0.15, 0.2) is 11.6 Å². The number of benzene rings is 1. The Morgan fingerprint density at radius 3 is 2.59 bits per heavy atom. The first-order chi connectivity index (χ1) is 12.9. The van der Waals surface area contributed by atoms with E-state index in [-0.39, 0.29) is 5.56 Å². The molecule has 1 atom stereocenters. The molecule has 0 bridgehead atoms. The number of likely N-dealkylation sites (N-methyl/N-ethyl adjacent to an activating group) is 1. The lowest BCUT2D eigenvalue weighted by atomic mass is 10.1. The second-order valence-electron chi connectivity index (χ2n) is 5.64. The van der Waals surface area contributed by atoms with Gasteiger partial charge < -0.3 is 10.6 Å². The zero-order valence-electron chi connectivity index (χ0n) is 14.4. The molecule has 3 rings (SSSR count). The predicted octanol–water partition coefficient (Wildman–Crippen LogP) is 3.68. The smallest absolute Gasteiger partial charge is 0.264 e. The van der Waals surface area contributed by atoms with E-state index in [1.807, 2.05) is 16.8 Å². The first-order valence-electron chi connectivity index (χ1n) is 7.88. The lowest BCUT2D eigenvalue weighted by Crippen LogP contribution is -2.39. The molecule has 5 nitrogen and oxygen atoms in total. The number of hydrogen-bond acceptors (Lipinski definition) is 5. The molecule has 140 valence electrons. The van der Waals surface area contributed by atoms with E-state index < -0.39 is 29.5 Å². The van der Waals surface area contributed by atoms with Crippen LogP contribution < -0.4 is 10.6 Å². The minimum atomic E-state index is -1.16. The van der Waals surface area contributed by atoms with Crippen molar-refractivity contribution in [2.75, 3.05) is 7.05 Å². The summed E-state index contributed by atoms with van der Waals surface area (Å²) in [6, 6.07) is 3.81. The number of thiazole rings is 1. The van der Waals surface area contributed by atoms with Crippen molar-refractivity contribution in [3.8, 4) is 10.6 Å². The number of nitrogens with one attached hydrogen (secondary N) is 2. The summed E-state index contributed by atoms with van der Waals surface area (Å²) in [5.74, 6) is -3.18. The molecule has 0 fully saturated rings. The lowest BCUT2D eigenvalue weighted by Gasteiger charge is -2.17. The Balaban J connectivity index is 1.89. The Bertz CT molecular complexity index is 987. The van der Waals surface area contributed by atoms with Crippen LogP contribution in [-0.4, -0.2) is 23.8 Å². The number of carbonyl (C=O) groups is 2. The van der Waals surface area contributed by atoms with Gasteiger partial charge in [0.05, 0.1) is 5.69 Å². The molecule has 27 heavy (non-hydrogen) atoms. The number of nitrogens with zero attached hydrogens (tertiary/aromatic N) is 1. The van der Waals surface area contributed by atoms with Crippen LogP contribution in [0.3, 0.4) is 0 Å². The standard InChI is InChI=1S/C18H15F2N3O2S2/c1-9-15(27-18(22-9)11-5-6-26-8-11)17(25)23-14(16(24)21-2)10-3-4-12(19)13(20)7-10/h3-8,14H,1-2H3,(H,21,24)(H,23,25). The van der Waals surface area contributed by atoms with Crippen LogP contribution in [0.2, 0.25) is 0 Å². The summed E-state index contributed by atoms with van der Waals surface area (Å²) in [6.45, 7) is 1.70. The molecule has 2 N–H and O–H groups in total. The maximum absolute atomic E-state index is 13.6. The fourth-order valence-corrected chi connectivity index (χ4v) is 4.13. The highest BCUT2D eigenvalue weighted by Gasteiger charge is 2.26. The largest absolute Gasteiger partial charge is 0.357 e. The van der Waals surface area contributed by atoms with E-state index in [1.54, 1.807) is 6.92 Å². The fraction of sp³-hybridized carbons (Fsp3) is 0.167. The zero-order valence-corrected chi connectivity index (χ0v) is 16.0. The normalized spacial score (nSPS) is 11.9. The van der Waals surface area contributed by atoms with Gasteiger partial charge in [-0.05, 0) is 36.1 Å². The van der Waals surface area contributed by atoms with Crippen molar-refractivity contribution in [2.24, 2.45) is 0 Å². The van der Waals surface area contributed by atoms with Crippen molar-refractivity contribution in [2.45, 2.75) is 13.0 Å². The number of aromatic nitrogens is 1. The van der Waals surface area contributed by atoms with E-state index in [1.165, 1.54) is 35.8 Å². The van der Waals surface area contributed by atoms with Crippen LogP contribution in [0, 0.1) is 18.6 Å². The van der Waals surface area contributed by atoms with Crippen LogP contribution >= 0.6 is 22.7 Å². The van der Waals surface area contributed by atoms with Crippen molar-refractivity contribution in [3.63, 3.8) is 0 Å². The van der Waals surface area contributed by atoms with Crippen LogP contribution in [0.5, 0.6) is 0 Å². The van der Waals surface area contributed by atoms with E-state index >= 15 is 0 Å². The molecule has 0 saturated carbocycles. The third-order valence-electron chi connectivity index (χ3n) is 3.83. The highest BCUT2D eigenvalue weighted by atomic mass is 32.1. The monoisotopic (exact) mass is 407 g/mol. The highest BCUT2D eigenvalue weighted by molar-refractivity contribution is 7.17. The molecule has 0 radical (unpaired) electrons. The molecular formula is C18H15F2N3O2S2. The quantitative estimate of drug-likeness (QED) is 0.678. The van der Waals surface area contributed by atoms with Crippen molar-refractivity contribution in [1.82, 2.24) is 15.6 Å². The molecule has 1 aromatic carbocycles. The van der Waals surface area contributed by atoms with Crippen molar-refractivity contribution in [1.29, 1.82) is 0 Å². The summed E-state index contributed by atoms with van der Waals surface area (Å²) in [5, 5.41) is 9.53. The molecule has 2 amide bonds. The molecule has 0 aliphatic rings. The molecule has 2 heterocycles. The van der Waals surface area contributed by atoms with Gasteiger partial charge in [0, 0.05) is 18.0 Å². The van der Waals surface area contributed by atoms with Crippen LogP contribution in [0.25, 0.3) is 10.6 Å². The SMILES string of the molecule is CNC(=O)C(NC(=O)c1sc(-c2ccsc2)nc1C)c1ccc(F)c(F)c1. The molecule has 0 spiro atoms. The first-order valence-corrected chi connectivity index (χ1v) is 9.64. The maximum Gasteiger partial charge on any atom is 0.264 e. The van der Waals surface area contributed by atoms with Crippen LogP contribution in [0.1, 0.15) is 27.0 Å². The minimum Gasteiger partial charge on any atom is -0.357 e. The van der Waals surface area contributed by atoms with E-state index in [0.717, 1.165) is 17.7 Å². The Morgan fingerprint density at radius 1 is 1.19 bits per heavy atom. The van der Waals surface area contributed by atoms with Gasteiger partial charge in [0.2, 0.25) is 5.91 Å². The number of thiophene rings is 1. The van der Waals surface area contributed by atoms with Crippen molar-refractivity contribution in [3.05, 3.63) is 62.8 Å². The van der Waals surface area contributed by atoms with Crippen molar-refractivity contribution < 1.29 is 18.4 Å². The summed E-state index contributed by atoms with van der Waals surface area (Å²) in [7, 11) is 1.40. The number of aryl methyl sites for hydroxylation is 1. The Kier molecular flexibility index (Phi) is 5.62. The third kappa shape index (κ3) is 4.04. The third-order valence-corrected chi connectivity index (χ3v) is 5.72. The number of halogens is 2. The molecule has 0 saturated heterocycles. The summed E-state index contributed by atoms with van der Waals surface area (Å²) < 4.78 is 26.8. The second kappa shape index (κ2) is 7.93. The fourth-order valence-electron chi connectivity index (χ4n) is 2.45. The number of amides is 2.